The number of aromatic nitrogens is 1. The highest BCUT2D eigenvalue weighted by molar-refractivity contribution is 7.09. The quantitative estimate of drug-likeness (QED) is 0.833. The van der Waals surface area contributed by atoms with Crippen molar-refractivity contribution >= 4 is 11.3 Å². The van der Waals surface area contributed by atoms with E-state index in [4.69, 9.17) is 4.74 Å². The van der Waals surface area contributed by atoms with Crippen LogP contribution in [-0.2, 0) is 13.0 Å². The van der Waals surface area contributed by atoms with E-state index in [1.807, 2.05) is 18.2 Å². The normalized spacial score (nSPS) is 10.5. The van der Waals surface area contributed by atoms with Crippen LogP contribution < -0.4 is 10.1 Å². The van der Waals surface area contributed by atoms with Crippen LogP contribution in [0.4, 0.5) is 0 Å². The van der Waals surface area contributed by atoms with Crippen molar-refractivity contribution in [2.45, 2.75) is 19.9 Å². The summed E-state index contributed by atoms with van der Waals surface area (Å²) in [5.74, 6) is 0.710. The molecule has 0 spiro atoms. The average molecular weight is 262 g/mol. The van der Waals surface area contributed by atoms with Gasteiger partial charge in [0, 0.05) is 23.9 Å². The molecule has 0 atom stereocenters. The lowest BCUT2D eigenvalue weighted by Gasteiger charge is -2.06. The maximum absolute atomic E-state index is 5.67. The molecular weight excluding hydrogens is 244 g/mol. The fourth-order valence-corrected chi connectivity index (χ4v) is 2.29. The van der Waals surface area contributed by atoms with Gasteiger partial charge in [0.25, 0.3) is 0 Å². The van der Waals surface area contributed by atoms with Crippen LogP contribution in [-0.4, -0.2) is 18.1 Å². The summed E-state index contributed by atoms with van der Waals surface area (Å²) in [6.45, 7) is 4.50. The van der Waals surface area contributed by atoms with Crippen molar-refractivity contribution in [1.82, 2.24) is 10.3 Å². The van der Waals surface area contributed by atoms with E-state index in [2.05, 4.69) is 34.7 Å². The van der Waals surface area contributed by atoms with Gasteiger partial charge in [0.15, 0.2) is 0 Å². The molecule has 2 heterocycles. The molecule has 0 unspecified atom stereocenters. The van der Waals surface area contributed by atoms with E-state index in [-0.39, 0.29) is 0 Å². The Balaban J connectivity index is 1.81. The van der Waals surface area contributed by atoms with Crippen LogP contribution in [0.5, 0.6) is 5.88 Å². The third kappa shape index (κ3) is 4.13. The predicted octanol–water partition coefficient (Wildman–Crippen LogP) is 2.87. The average Bonchev–Trinajstić information content (AvgIpc) is 2.90. The Bertz CT molecular complexity index is 457. The molecule has 0 amide bonds. The van der Waals surface area contributed by atoms with Gasteiger partial charge in [0.05, 0.1) is 12.3 Å². The Morgan fingerprint density at radius 3 is 3.00 bits per heavy atom. The molecule has 2 rings (SSSR count). The first-order valence-corrected chi connectivity index (χ1v) is 7.08. The molecule has 96 valence electrons. The van der Waals surface area contributed by atoms with Crippen LogP contribution in [0.25, 0.3) is 0 Å². The Morgan fingerprint density at radius 1 is 1.28 bits per heavy atom. The minimum Gasteiger partial charge on any atom is -0.477 e. The van der Waals surface area contributed by atoms with E-state index < -0.39 is 0 Å². The summed E-state index contributed by atoms with van der Waals surface area (Å²) >= 11 is 1.76. The van der Waals surface area contributed by atoms with Gasteiger partial charge in [0.1, 0.15) is 0 Å². The highest BCUT2D eigenvalue weighted by Crippen LogP contribution is 2.11. The van der Waals surface area contributed by atoms with Gasteiger partial charge < -0.3 is 10.1 Å². The summed E-state index contributed by atoms with van der Waals surface area (Å²) < 4.78 is 5.67. The van der Waals surface area contributed by atoms with E-state index in [1.165, 1.54) is 4.88 Å². The number of hydrogen-bond acceptors (Lipinski definition) is 4. The van der Waals surface area contributed by atoms with Crippen molar-refractivity contribution in [3.63, 3.8) is 0 Å². The second kappa shape index (κ2) is 7.13. The molecule has 0 saturated heterocycles. The van der Waals surface area contributed by atoms with Crippen LogP contribution in [0.15, 0.2) is 35.7 Å². The number of pyridine rings is 1. The fraction of sp³-hybridized carbons (Fsp3) is 0.357. The van der Waals surface area contributed by atoms with Crippen molar-refractivity contribution < 1.29 is 4.74 Å². The maximum Gasteiger partial charge on any atom is 0.213 e. The minimum absolute atomic E-state index is 0.679. The van der Waals surface area contributed by atoms with Crippen LogP contribution in [0, 0.1) is 0 Å². The second-order valence-corrected chi connectivity index (χ2v) is 4.96. The molecule has 0 bridgehead atoms. The molecule has 4 heteroatoms. The van der Waals surface area contributed by atoms with Gasteiger partial charge in [-0.15, -0.1) is 11.3 Å². The molecule has 0 aliphatic rings. The molecule has 18 heavy (non-hydrogen) atoms. The molecular formula is C14H18N2OS. The van der Waals surface area contributed by atoms with Gasteiger partial charge in [0.2, 0.25) is 5.88 Å². The number of thiophene rings is 1. The van der Waals surface area contributed by atoms with E-state index in [0.717, 1.165) is 25.2 Å². The van der Waals surface area contributed by atoms with Gasteiger partial charge in [-0.1, -0.05) is 19.1 Å². The van der Waals surface area contributed by atoms with Crippen LogP contribution >= 0.6 is 11.3 Å². The van der Waals surface area contributed by atoms with Gasteiger partial charge in [-0.2, -0.15) is 0 Å². The summed E-state index contributed by atoms with van der Waals surface area (Å²) in [6.07, 6.45) is 0.941. The van der Waals surface area contributed by atoms with E-state index in [9.17, 15) is 0 Å². The molecule has 2 aromatic heterocycles. The highest BCUT2D eigenvalue weighted by atomic mass is 32.1. The lowest BCUT2D eigenvalue weighted by molar-refractivity contribution is 0.309. The zero-order chi connectivity index (χ0) is 12.6. The van der Waals surface area contributed by atoms with E-state index in [0.29, 0.717) is 12.5 Å². The number of nitrogens with zero attached hydrogens (tertiary/aromatic N) is 1. The smallest absolute Gasteiger partial charge is 0.213 e. The third-order valence-corrected chi connectivity index (χ3v) is 3.45. The van der Waals surface area contributed by atoms with Gasteiger partial charge in [-0.3, -0.25) is 0 Å². The lowest BCUT2D eigenvalue weighted by Crippen LogP contribution is -2.13. The maximum atomic E-state index is 5.67. The molecule has 0 aliphatic heterocycles. The van der Waals surface area contributed by atoms with Crippen molar-refractivity contribution in [2.24, 2.45) is 0 Å². The molecule has 2 aromatic rings. The minimum atomic E-state index is 0.679. The third-order valence-electron chi connectivity index (χ3n) is 2.52. The number of ether oxygens (including phenoxy) is 1. The van der Waals surface area contributed by atoms with Gasteiger partial charge in [-0.25, -0.2) is 4.98 Å². The first kappa shape index (κ1) is 13.1. The van der Waals surface area contributed by atoms with Gasteiger partial charge in [-0.05, 0) is 24.1 Å². The summed E-state index contributed by atoms with van der Waals surface area (Å²) in [5, 5.41) is 5.34. The molecule has 0 saturated carbocycles. The monoisotopic (exact) mass is 262 g/mol. The highest BCUT2D eigenvalue weighted by Gasteiger charge is 1.99. The first-order valence-electron chi connectivity index (χ1n) is 6.20. The molecule has 0 radical (unpaired) electrons. The number of hydrogen-bond donors (Lipinski definition) is 1. The Morgan fingerprint density at radius 2 is 2.22 bits per heavy atom. The van der Waals surface area contributed by atoms with Crippen molar-refractivity contribution in [2.75, 3.05) is 13.2 Å². The van der Waals surface area contributed by atoms with E-state index >= 15 is 0 Å². The topological polar surface area (TPSA) is 34.1 Å². The van der Waals surface area contributed by atoms with Crippen LogP contribution in [0.3, 0.4) is 0 Å². The van der Waals surface area contributed by atoms with Crippen molar-refractivity contribution in [3.8, 4) is 5.88 Å². The number of rotatable bonds is 7. The van der Waals surface area contributed by atoms with E-state index in [1.54, 1.807) is 11.3 Å². The van der Waals surface area contributed by atoms with Crippen LogP contribution in [0.2, 0.25) is 0 Å². The Kier molecular flexibility index (Phi) is 5.17. The summed E-state index contributed by atoms with van der Waals surface area (Å²) in [5.41, 5.74) is 1.02. The lowest BCUT2D eigenvalue weighted by atomic mass is 10.3. The summed E-state index contributed by atoms with van der Waals surface area (Å²) in [4.78, 5) is 5.79. The van der Waals surface area contributed by atoms with Gasteiger partial charge >= 0.3 is 0 Å². The summed E-state index contributed by atoms with van der Waals surface area (Å²) in [7, 11) is 0. The Hall–Kier alpha value is -1.39. The molecule has 0 fully saturated rings. The standard InChI is InChI=1S/C14H18N2OS/c1-2-15-11-12-5-3-7-14(16-12)17-9-8-13-6-4-10-18-13/h3-7,10,15H,2,8-9,11H2,1H3. The molecule has 0 aliphatic carbocycles. The molecule has 0 aromatic carbocycles. The SMILES string of the molecule is CCNCc1cccc(OCCc2cccs2)n1. The van der Waals surface area contributed by atoms with Crippen molar-refractivity contribution in [1.29, 1.82) is 0 Å². The zero-order valence-electron chi connectivity index (χ0n) is 10.6. The number of nitrogens with one attached hydrogen (secondary N) is 1. The van der Waals surface area contributed by atoms with Crippen molar-refractivity contribution in [3.05, 3.63) is 46.3 Å². The summed E-state index contributed by atoms with van der Waals surface area (Å²) in [6, 6.07) is 10.1. The molecule has 3 nitrogen and oxygen atoms in total. The van der Waals surface area contributed by atoms with Crippen LogP contribution in [0.1, 0.15) is 17.5 Å². The largest absolute Gasteiger partial charge is 0.477 e. The molecule has 1 N–H and O–H groups in total. The predicted molar refractivity (Wildman–Crippen MR) is 75.1 cm³/mol. The fourth-order valence-electron chi connectivity index (χ4n) is 1.60. The second-order valence-electron chi connectivity index (χ2n) is 3.93. The first-order chi connectivity index (χ1) is 8.88. The zero-order valence-corrected chi connectivity index (χ0v) is 11.4. The Labute approximate surface area is 112 Å².